The van der Waals surface area contributed by atoms with Crippen molar-refractivity contribution in [1.29, 1.82) is 0 Å². The molecule has 0 fully saturated rings. The van der Waals surface area contributed by atoms with Gasteiger partial charge in [0.1, 0.15) is 5.82 Å². The summed E-state index contributed by atoms with van der Waals surface area (Å²) in [5.74, 6) is 0.657. The smallest absolute Gasteiger partial charge is 0.252 e. The van der Waals surface area contributed by atoms with Crippen LogP contribution in [0.1, 0.15) is 29.1 Å². The fourth-order valence-corrected chi connectivity index (χ4v) is 3.02. The maximum Gasteiger partial charge on any atom is 0.252 e. The minimum atomic E-state index is -0.205. The van der Waals surface area contributed by atoms with Crippen molar-refractivity contribution in [3.8, 4) is 0 Å². The van der Waals surface area contributed by atoms with Crippen LogP contribution in [0.3, 0.4) is 0 Å². The molecule has 5 heteroatoms. The number of amides is 1. The molecule has 4 aromatic rings. The number of aromatic amines is 1. The lowest BCUT2D eigenvalue weighted by atomic mass is 10.1. The fraction of sp³-hybridized carbons (Fsp3) is 0.158. The Morgan fingerprint density at radius 1 is 1.17 bits per heavy atom. The molecule has 120 valence electrons. The number of carbonyl (C=O) groups is 1. The molecule has 0 aliphatic rings. The van der Waals surface area contributed by atoms with Crippen LogP contribution < -0.4 is 5.32 Å². The summed E-state index contributed by atoms with van der Waals surface area (Å²) in [7, 11) is 1.97. The van der Waals surface area contributed by atoms with Crippen LogP contribution in [0.4, 0.5) is 0 Å². The van der Waals surface area contributed by atoms with Gasteiger partial charge in [-0.3, -0.25) is 4.79 Å². The lowest BCUT2D eigenvalue weighted by Crippen LogP contribution is -2.27. The number of aryl methyl sites for hydroxylation is 1. The van der Waals surface area contributed by atoms with Crippen molar-refractivity contribution >= 4 is 27.8 Å². The highest BCUT2D eigenvalue weighted by atomic mass is 16.1. The van der Waals surface area contributed by atoms with Crippen molar-refractivity contribution in [3.63, 3.8) is 0 Å². The van der Waals surface area contributed by atoms with Crippen molar-refractivity contribution in [2.45, 2.75) is 13.0 Å². The summed E-state index contributed by atoms with van der Waals surface area (Å²) in [6.45, 7) is 1.93. The lowest BCUT2D eigenvalue weighted by Gasteiger charge is -2.12. The number of hydrogen-bond donors (Lipinski definition) is 2. The molecule has 2 heterocycles. The Kier molecular flexibility index (Phi) is 3.34. The molecule has 2 aromatic carbocycles. The monoisotopic (exact) mass is 318 g/mol. The number of hydrogen-bond acceptors (Lipinski definition) is 2. The first kappa shape index (κ1) is 14.5. The van der Waals surface area contributed by atoms with E-state index < -0.39 is 0 Å². The van der Waals surface area contributed by atoms with Crippen LogP contribution >= 0.6 is 0 Å². The van der Waals surface area contributed by atoms with E-state index in [4.69, 9.17) is 0 Å². The second-order valence-electron chi connectivity index (χ2n) is 6.00. The van der Waals surface area contributed by atoms with Crippen LogP contribution in [0.5, 0.6) is 0 Å². The number of rotatable bonds is 3. The summed E-state index contributed by atoms with van der Waals surface area (Å²) in [6.07, 6.45) is 1.96. The number of nitrogens with zero attached hydrogens (tertiary/aromatic N) is 2. The molecule has 0 radical (unpaired) electrons. The van der Waals surface area contributed by atoms with E-state index in [1.54, 1.807) is 0 Å². The summed E-state index contributed by atoms with van der Waals surface area (Å²) >= 11 is 0. The molecule has 5 nitrogen and oxygen atoms in total. The molecular weight excluding hydrogens is 300 g/mol. The molecule has 0 unspecified atom stereocenters. The first-order valence-corrected chi connectivity index (χ1v) is 7.93. The zero-order chi connectivity index (χ0) is 16.7. The van der Waals surface area contributed by atoms with Crippen LogP contribution in [0.2, 0.25) is 0 Å². The van der Waals surface area contributed by atoms with Gasteiger partial charge in [0.2, 0.25) is 0 Å². The van der Waals surface area contributed by atoms with Crippen molar-refractivity contribution in [2.24, 2.45) is 7.05 Å². The lowest BCUT2D eigenvalue weighted by molar-refractivity contribution is 0.0940. The average molecular weight is 318 g/mol. The molecule has 2 N–H and O–H groups in total. The number of carbonyl (C=O) groups excluding carboxylic acids is 1. The highest BCUT2D eigenvalue weighted by molar-refractivity contribution is 6.06. The first-order valence-electron chi connectivity index (χ1n) is 7.93. The highest BCUT2D eigenvalue weighted by Gasteiger charge is 2.17. The molecule has 4 rings (SSSR count). The highest BCUT2D eigenvalue weighted by Crippen LogP contribution is 2.21. The molecule has 0 aliphatic carbocycles. The predicted molar refractivity (Wildman–Crippen MR) is 94.9 cm³/mol. The van der Waals surface area contributed by atoms with Crippen molar-refractivity contribution in [1.82, 2.24) is 19.9 Å². The van der Waals surface area contributed by atoms with Crippen LogP contribution in [0.25, 0.3) is 21.9 Å². The number of fused-ring (bicyclic) bond motifs is 2. The Morgan fingerprint density at radius 2 is 2.00 bits per heavy atom. The van der Waals surface area contributed by atoms with Gasteiger partial charge in [0.15, 0.2) is 0 Å². The third-order valence-electron chi connectivity index (χ3n) is 4.34. The van der Waals surface area contributed by atoms with Gasteiger partial charge in [0.05, 0.1) is 17.1 Å². The van der Waals surface area contributed by atoms with Gasteiger partial charge in [-0.25, -0.2) is 4.98 Å². The number of aromatic nitrogens is 3. The van der Waals surface area contributed by atoms with E-state index in [1.165, 1.54) is 0 Å². The zero-order valence-corrected chi connectivity index (χ0v) is 13.6. The molecule has 0 saturated heterocycles. The van der Waals surface area contributed by atoms with Gasteiger partial charge < -0.3 is 14.9 Å². The van der Waals surface area contributed by atoms with Gasteiger partial charge in [0.25, 0.3) is 5.91 Å². The van der Waals surface area contributed by atoms with E-state index in [0.29, 0.717) is 5.56 Å². The molecule has 0 aliphatic heterocycles. The summed E-state index contributed by atoms with van der Waals surface area (Å²) < 4.78 is 2.01. The molecule has 2 aromatic heterocycles. The SMILES string of the molecule is C[C@H](NC(=O)c1cccc2c1ccn2C)c1nc2ccccc2[nH]1. The number of benzene rings is 2. The summed E-state index contributed by atoms with van der Waals surface area (Å²) in [4.78, 5) is 20.5. The Hall–Kier alpha value is -3.08. The molecule has 0 spiro atoms. The summed E-state index contributed by atoms with van der Waals surface area (Å²) in [5, 5.41) is 3.99. The number of para-hydroxylation sites is 2. The fourth-order valence-electron chi connectivity index (χ4n) is 3.02. The summed E-state index contributed by atoms with van der Waals surface area (Å²) in [6, 6.07) is 15.4. The largest absolute Gasteiger partial charge is 0.351 e. The summed E-state index contributed by atoms with van der Waals surface area (Å²) in [5.41, 5.74) is 3.59. The molecule has 1 atom stereocenters. The van der Waals surface area contributed by atoms with Gasteiger partial charge in [0, 0.05) is 29.7 Å². The average Bonchev–Trinajstić information content (AvgIpc) is 3.18. The Bertz CT molecular complexity index is 1010. The van der Waals surface area contributed by atoms with Crippen molar-refractivity contribution in [2.75, 3.05) is 0 Å². The zero-order valence-electron chi connectivity index (χ0n) is 13.6. The van der Waals surface area contributed by atoms with E-state index in [0.717, 1.165) is 27.8 Å². The third-order valence-corrected chi connectivity index (χ3v) is 4.34. The number of imidazole rings is 1. The Labute approximate surface area is 139 Å². The molecule has 0 saturated carbocycles. The van der Waals surface area contributed by atoms with E-state index in [1.807, 2.05) is 73.3 Å². The molecule has 24 heavy (non-hydrogen) atoms. The second-order valence-corrected chi connectivity index (χ2v) is 6.00. The molecular formula is C19H18N4O. The topological polar surface area (TPSA) is 62.7 Å². The van der Waals surface area contributed by atoms with Crippen LogP contribution in [-0.2, 0) is 7.05 Å². The van der Waals surface area contributed by atoms with Crippen LogP contribution in [0, 0.1) is 0 Å². The Morgan fingerprint density at radius 3 is 2.83 bits per heavy atom. The standard InChI is InChI=1S/C19H18N4O/c1-12(18-21-15-7-3-4-8-16(15)22-18)20-19(24)14-6-5-9-17-13(14)10-11-23(17)2/h3-12H,1-2H3,(H,20,24)(H,21,22)/t12-/m0/s1. The van der Waals surface area contributed by atoms with Gasteiger partial charge >= 0.3 is 0 Å². The van der Waals surface area contributed by atoms with E-state index in [9.17, 15) is 4.79 Å². The predicted octanol–water partition coefficient (Wildman–Crippen LogP) is 3.55. The quantitative estimate of drug-likeness (QED) is 0.607. The maximum atomic E-state index is 12.7. The van der Waals surface area contributed by atoms with Gasteiger partial charge in [-0.15, -0.1) is 0 Å². The molecule has 1 amide bonds. The van der Waals surface area contributed by atoms with Gasteiger partial charge in [-0.05, 0) is 37.3 Å². The van der Waals surface area contributed by atoms with Gasteiger partial charge in [-0.1, -0.05) is 18.2 Å². The normalized spacial score (nSPS) is 12.6. The van der Waals surface area contributed by atoms with Crippen LogP contribution in [0.15, 0.2) is 54.7 Å². The minimum Gasteiger partial charge on any atom is -0.351 e. The first-order chi connectivity index (χ1) is 11.6. The number of H-pyrrole nitrogens is 1. The maximum absolute atomic E-state index is 12.7. The van der Waals surface area contributed by atoms with Crippen LogP contribution in [-0.4, -0.2) is 20.4 Å². The minimum absolute atomic E-state index is 0.0974. The van der Waals surface area contributed by atoms with E-state index >= 15 is 0 Å². The van der Waals surface area contributed by atoms with E-state index in [2.05, 4.69) is 15.3 Å². The molecule has 0 bridgehead atoms. The third kappa shape index (κ3) is 2.34. The second kappa shape index (κ2) is 5.53. The number of nitrogens with one attached hydrogen (secondary N) is 2. The van der Waals surface area contributed by atoms with Crippen molar-refractivity contribution < 1.29 is 4.79 Å². The van der Waals surface area contributed by atoms with Gasteiger partial charge in [-0.2, -0.15) is 0 Å². The Balaban J connectivity index is 1.62. The van der Waals surface area contributed by atoms with E-state index in [-0.39, 0.29) is 11.9 Å². The van der Waals surface area contributed by atoms with Crippen molar-refractivity contribution in [3.05, 3.63) is 66.1 Å².